The van der Waals surface area contributed by atoms with Gasteiger partial charge in [0.2, 0.25) is 0 Å². The van der Waals surface area contributed by atoms with E-state index >= 15 is 0 Å². The van der Waals surface area contributed by atoms with Crippen LogP contribution in [0.4, 0.5) is 0 Å². The second-order valence-electron chi connectivity index (χ2n) is 4.92. The maximum absolute atomic E-state index is 5.40. The topological polar surface area (TPSA) is 62.5 Å². The van der Waals surface area contributed by atoms with E-state index in [2.05, 4.69) is 58.4 Å². The summed E-state index contributed by atoms with van der Waals surface area (Å²) in [5.41, 5.74) is 3.42. The Morgan fingerprint density at radius 1 is 1.26 bits per heavy atom. The second-order valence-corrected chi connectivity index (χ2v) is 5.70. The Kier molecular flexibility index (Phi) is 9.23. The molecule has 2 N–H and O–H groups in total. The van der Waals surface area contributed by atoms with Crippen LogP contribution < -0.4 is 10.6 Å². The van der Waals surface area contributed by atoms with Gasteiger partial charge in [-0.3, -0.25) is 0 Å². The summed E-state index contributed by atoms with van der Waals surface area (Å²) < 4.78 is 5.40. The summed E-state index contributed by atoms with van der Waals surface area (Å²) in [7, 11) is 0. The van der Waals surface area contributed by atoms with Gasteiger partial charge >= 0.3 is 0 Å². The highest BCUT2D eigenvalue weighted by Crippen LogP contribution is 2.15. The first-order chi connectivity index (χ1) is 10.8. The molecular weight excluding hydrogens is 423 g/mol. The molecular formula is C16H25IN4OS. The van der Waals surface area contributed by atoms with Crippen molar-refractivity contribution in [1.29, 1.82) is 0 Å². The average Bonchev–Trinajstić information content (AvgIpc) is 3.18. The molecule has 7 heteroatoms. The van der Waals surface area contributed by atoms with E-state index in [1.165, 1.54) is 5.56 Å². The van der Waals surface area contributed by atoms with Crippen LogP contribution in [0.3, 0.4) is 0 Å². The fourth-order valence-corrected chi connectivity index (χ4v) is 2.86. The molecule has 0 aromatic carbocycles. The smallest absolute Gasteiger partial charge is 0.191 e. The lowest BCUT2D eigenvalue weighted by Crippen LogP contribution is -2.37. The number of aromatic nitrogens is 1. The van der Waals surface area contributed by atoms with Gasteiger partial charge in [0.05, 0.1) is 12.2 Å². The number of halogens is 1. The summed E-state index contributed by atoms with van der Waals surface area (Å²) >= 11 is 1.70. The maximum Gasteiger partial charge on any atom is 0.191 e. The quantitative estimate of drug-likeness (QED) is 0.385. The number of aryl methyl sites for hydroxylation is 2. The molecule has 5 nitrogen and oxygen atoms in total. The van der Waals surface area contributed by atoms with Crippen molar-refractivity contribution < 1.29 is 4.52 Å². The van der Waals surface area contributed by atoms with E-state index in [1.807, 2.05) is 0 Å². The summed E-state index contributed by atoms with van der Waals surface area (Å²) in [6.45, 7) is 8.45. The molecule has 0 fully saturated rings. The SMILES string of the molecule is CCNC(=NCc1ccsc1)NCc1c(CC)noc1CC.I. The van der Waals surface area contributed by atoms with Crippen molar-refractivity contribution in [2.24, 2.45) is 4.99 Å². The van der Waals surface area contributed by atoms with Crippen molar-refractivity contribution in [2.45, 2.75) is 46.7 Å². The molecule has 2 aromatic heterocycles. The highest BCUT2D eigenvalue weighted by Gasteiger charge is 2.13. The van der Waals surface area contributed by atoms with Gasteiger partial charge < -0.3 is 15.2 Å². The van der Waals surface area contributed by atoms with Crippen molar-refractivity contribution >= 4 is 41.3 Å². The lowest BCUT2D eigenvalue weighted by molar-refractivity contribution is 0.380. The zero-order valence-electron chi connectivity index (χ0n) is 13.9. The average molecular weight is 448 g/mol. The molecule has 2 heterocycles. The number of hydrogen-bond donors (Lipinski definition) is 2. The van der Waals surface area contributed by atoms with Crippen LogP contribution in [0, 0.1) is 0 Å². The van der Waals surface area contributed by atoms with Gasteiger partial charge in [0, 0.05) is 25.1 Å². The lowest BCUT2D eigenvalue weighted by Gasteiger charge is -2.11. The fourth-order valence-electron chi connectivity index (χ4n) is 2.20. The van der Waals surface area contributed by atoms with E-state index in [0.29, 0.717) is 13.1 Å². The van der Waals surface area contributed by atoms with E-state index < -0.39 is 0 Å². The molecule has 0 saturated heterocycles. The number of nitrogens with one attached hydrogen (secondary N) is 2. The zero-order valence-corrected chi connectivity index (χ0v) is 17.0. The van der Waals surface area contributed by atoms with Crippen molar-refractivity contribution in [1.82, 2.24) is 15.8 Å². The van der Waals surface area contributed by atoms with E-state index in [9.17, 15) is 0 Å². The Morgan fingerprint density at radius 3 is 2.70 bits per heavy atom. The number of guanidine groups is 1. The molecule has 0 aliphatic heterocycles. The van der Waals surface area contributed by atoms with Crippen molar-refractivity contribution in [3.8, 4) is 0 Å². The highest BCUT2D eigenvalue weighted by molar-refractivity contribution is 14.0. The van der Waals surface area contributed by atoms with Gasteiger partial charge in [-0.15, -0.1) is 24.0 Å². The molecule has 23 heavy (non-hydrogen) atoms. The minimum absolute atomic E-state index is 0. The molecule has 0 spiro atoms. The van der Waals surface area contributed by atoms with Gasteiger partial charge in [-0.05, 0) is 35.7 Å². The summed E-state index contributed by atoms with van der Waals surface area (Å²) in [5.74, 6) is 1.78. The van der Waals surface area contributed by atoms with Crippen LogP contribution in [0.1, 0.15) is 43.4 Å². The van der Waals surface area contributed by atoms with Crippen LogP contribution in [0.5, 0.6) is 0 Å². The molecule has 2 aromatic rings. The molecule has 0 bridgehead atoms. The Balaban J connectivity index is 0.00000264. The van der Waals surface area contributed by atoms with Gasteiger partial charge in [-0.2, -0.15) is 11.3 Å². The third-order valence-electron chi connectivity index (χ3n) is 3.38. The number of aliphatic imine (C=N–C) groups is 1. The normalized spacial score (nSPS) is 11.2. The van der Waals surface area contributed by atoms with Crippen molar-refractivity contribution in [3.05, 3.63) is 39.4 Å². The maximum atomic E-state index is 5.40. The minimum atomic E-state index is 0. The molecule has 0 atom stereocenters. The highest BCUT2D eigenvalue weighted by atomic mass is 127. The van der Waals surface area contributed by atoms with Crippen molar-refractivity contribution in [3.63, 3.8) is 0 Å². The first-order valence-corrected chi connectivity index (χ1v) is 8.72. The van der Waals surface area contributed by atoms with Crippen LogP contribution in [0.2, 0.25) is 0 Å². The predicted octanol–water partition coefficient (Wildman–Crippen LogP) is 3.73. The first-order valence-electron chi connectivity index (χ1n) is 7.77. The van der Waals surface area contributed by atoms with Crippen LogP contribution >= 0.6 is 35.3 Å². The standard InChI is InChI=1S/C16H24N4OS.HI/c1-4-14-13(15(5-2)21-20-14)10-19-16(17-6-3)18-9-12-7-8-22-11-12;/h7-8,11H,4-6,9-10H2,1-3H3,(H2,17,18,19);1H. The molecule has 128 valence electrons. The van der Waals surface area contributed by atoms with E-state index in [1.54, 1.807) is 11.3 Å². The molecule has 2 rings (SSSR count). The summed E-state index contributed by atoms with van der Waals surface area (Å²) in [5, 5.41) is 15.0. The number of hydrogen-bond acceptors (Lipinski definition) is 4. The molecule has 0 aliphatic carbocycles. The fraction of sp³-hybridized carbons (Fsp3) is 0.500. The third kappa shape index (κ3) is 5.80. The molecule has 0 unspecified atom stereocenters. The predicted molar refractivity (Wildman–Crippen MR) is 107 cm³/mol. The number of rotatable bonds is 7. The third-order valence-corrected chi connectivity index (χ3v) is 4.12. The van der Waals surface area contributed by atoms with Gasteiger partial charge in [0.1, 0.15) is 5.76 Å². The van der Waals surface area contributed by atoms with Crippen LogP contribution in [0.15, 0.2) is 26.3 Å². The summed E-state index contributed by atoms with van der Waals surface area (Å²) in [6.07, 6.45) is 1.73. The number of nitrogens with zero attached hydrogens (tertiary/aromatic N) is 2. The first kappa shape index (κ1) is 20.0. The molecule has 0 radical (unpaired) electrons. The summed E-state index contributed by atoms with van der Waals surface area (Å²) in [4.78, 5) is 4.62. The van der Waals surface area contributed by atoms with Crippen LogP contribution in [-0.4, -0.2) is 17.7 Å². The number of thiophene rings is 1. The molecule has 0 amide bonds. The van der Waals surface area contributed by atoms with E-state index in [0.717, 1.165) is 42.4 Å². The molecule has 0 saturated carbocycles. The van der Waals surface area contributed by atoms with Gasteiger partial charge in [0.25, 0.3) is 0 Å². The monoisotopic (exact) mass is 448 g/mol. The zero-order chi connectivity index (χ0) is 15.8. The Morgan fingerprint density at radius 2 is 2.09 bits per heavy atom. The van der Waals surface area contributed by atoms with Crippen molar-refractivity contribution in [2.75, 3.05) is 6.54 Å². The Hall–Kier alpha value is -1.09. The Labute approximate surface area is 159 Å². The minimum Gasteiger partial charge on any atom is -0.361 e. The molecule has 0 aliphatic rings. The van der Waals surface area contributed by atoms with Gasteiger partial charge in [-0.25, -0.2) is 4.99 Å². The second kappa shape index (κ2) is 10.6. The van der Waals surface area contributed by atoms with Gasteiger partial charge in [0.15, 0.2) is 5.96 Å². The van der Waals surface area contributed by atoms with Crippen LogP contribution in [-0.2, 0) is 25.9 Å². The lowest BCUT2D eigenvalue weighted by atomic mass is 10.1. The van der Waals surface area contributed by atoms with Gasteiger partial charge in [-0.1, -0.05) is 19.0 Å². The van der Waals surface area contributed by atoms with Crippen LogP contribution in [0.25, 0.3) is 0 Å². The largest absolute Gasteiger partial charge is 0.361 e. The summed E-state index contributed by atoms with van der Waals surface area (Å²) in [6, 6.07) is 2.10. The van der Waals surface area contributed by atoms with E-state index in [4.69, 9.17) is 4.52 Å². The van der Waals surface area contributed by atoms with E-state index in [-0.39, 0.29) is 24.0 Å². The Bertz CT molecular complexity index is 574.